The molecule has 0 saturated heterocycles. The molecule has 1 fully saturated rings. The van der Waals surface area contributed by atoms with E-state index in [-0.39, 0.29) is 11.8 Å². The number of esters is 1. The first-order valence-electron chi connectivity index (χ1n) is 7.12. The predicted octanol–water partition coefficient (Wildman–Crippen LogP) is 0.891. The lowest BCUT2D eigenvalue weighted by molar-refractivity contribution is -0.133. The topological polar surface area (TPSA) is 64.4 Å². The molecule has 108 valence electrons. The summed E-state index contributed by atoms with van der Waals surface area (Å²) in [5.74, 6) is 0.0265. The number of hydrogen-bond donors (Lipinski definition) is 0. The average molecular weight is 277 g/mol. The van der Waals surface area contributed by atoms with E-state index >= 15 is 0 Å². The first-order chi connectivity index (χ1) is 9.61. The van der Waals surface area contributed by atoms with Crippen LogP contribution in [0.5, 0.6) is 0 Å². The van der Waals surface area contributed by atoms with E-state index in [1.165, 1.54) is 0 Å². The van der Waals surface area contributed by atoms with Crippen LogP contribution in [0.1, 0.15) is 41.5 Å². The maximum Gasteiger partial charge on any atom is 0.359 e. The Morgan fingerprint density at radius 2 is 2.15 bits per heavy atom. The van der Waals surface area contributed by atoms with Crippen molar-refractivity contribution in [2.45, 2.75) is 32.7 Å². The van der Waals surface area contributed by atoms with E-state index in [0.29, 0.717) is 25.4 Å². The maximum atomic E-state index is 12.2. The summed E-state index contributed by atoms with van der Waals surface area (Å²) in [6.07, 6.45) is 2.75. The van der Waals surface area contributed by atoms with Crippen molar-refractivity contribution in [3.63, 3.8) is 0 Å². The number of amides is 1. The molecule has 0 bridgehead atoms. The summed E-state index contributed by atoms with van der Waals surface area (Å²) >= 11 is 0. The normalized spacial score (nSPS) is 17.8. The number of nitrogens with zero attached hydrogens (tertiary/aromatic N) is 3. The molecule has 2 aliphatic rings. The smallest absolute Gasteiger partial charge is 0.359 e. The molecule has 3 rings (SSSR count). The zero-order chi connectivity index (χ0) is 14.3. The van der Waals surface area contributed by atoms with Crippen LogP contribution in [-0.2, 0) is 29.5 Å². The highest BCUT2D eigenvalue weighted by Gasteiger charge is 2.36. The summed E-state index contributed by atoms with van der Waals surface area (Å²) in [5, 5.41) is 4.27. The van der Waals surface area contributed by atoms with Crippen molar-refractivity contribution in [2.24, 2.45) is 13.0 Å². The molecule has 0 N–H and O–H groups in total. The number of carbonyl (C=O) groups is 2. The average Bonchev–Trinajstić information content (AvgIpc) is 3.23. The number of ether oxygens (including phenoxy) is 1. The third kappa shape index (κ3) is 2.19. The van der Waals surface area contributed by atoms with Gasteiger partial charge in [0, 0.05) is 43.7 Å². The summed E-state index contributed by atoms with van der Waals surface area (Å²) < 4.78 is 6.78. The largest absolute Gasteiger partial charge is 0.461 e. The highest BCUT2D eigenvalue weighted by atomic mass is 16.5. The maximum absolute atomic E-state index is 12.2. The van der Waals surface area contributed by atoms with Crippen LogP contribution in [0.4, 0.5) is 0 Å². The number of carbonyl (C=O) groups excluding carboxylic acids is 2. The summed E-state index contributed by atoms with van der Waals surface area (Å²) in [7, 11) is 1.83. The molecule has 0 unspecified atom stereocenters. The summed E-state index contributed by atoms with van der Waals surface area (Å²) in [6, 6.07) is 0. The Morgan fingerprint density at radius 3 is 2.80 bits per heavy atom. The van der Waals surface area contributed by atoms with Crippen LogP contribution in [0.3, 0.4) is 0 Å². The molecule has 0 aromatic carbocycles. The van der Waals surface area contributed by atoms with Crippen LogP contribution in [-0.4, -0.2) is 39.7 Å². The zero-order valence-electron chi connectivity index (χ0n) is 11.9. The molecule has 6 heteroatoms. The Labute approximate surface area is 117 Å². The molecular weight excluding hydrogens is 258 g/mol. The molecule has 1 aliphatic carbocycles. The summed E-state index contributed by atoms with van der Waals surface area (Å²) in [5.41, 5.74) is 2.25. The molecule has 20 heavy (non-hydrogen) atoms. The van der Waals surface area contributed by atoms with Gasteiger partial charge in [0.15, 0.2) is 5.69 Å². The van der Waals surface area contributed by atoms with Crippen molar-refractivity contribution in [1.82, 2.24) is 14.7 Å². The number of fused-ring (bicyclic) bond motifs is 1. The molecule has 1 aromatic rings. The SMILES string of the molecule is CCOC(=O)c1nn(C)c2c1CN(C(=O)C1CC1)CC2. The lowest BCUT2D eigenvalue weighted by Gasteiger charge is -2.27. The Balaban J connectivity index is 1.86. The minimum Gasteiger partial charge on any atom is -0.461 e. The van der Waals surface area contributed by atoms with Crippen molar-refractivity contribution in [1.29, 1.82) is 0 Å². The first-order valence-corrected chi connectivity index (χ1v) is 7.12. The van der Waals surface area contributed by atoms with Crippen molar-refractivity contribution in [3.05, 3.63) is 17.0 Å². The third-order valence-corrected chi connectivity index (χ3v) is 3.95. The van der Waals surface area contributed by atoms with Crippen LogP contribution in [0.2, 0.25) is 0 Å². The minimum atomic E-state index is -0.398. The fourth-order valence-electron chi connectivity index (χ4n) is 2.73. The van der Waals surface area contributed by atoms with E-state index < -0.39 is 5.97 Å². The molecule has 0 spiro atoms. The van der Waals surface area contributed by atoms with Gasteiger partial charge in [0.25, 0.3) is 0 Å². The van der Waals surface area contributed by atoms with Gasteiger partial charge in [-0.1, -0.05) is 0 Å². The second kappa shape index (κ2) is 4.92. The minimum absolute atomic E-state index is 0.208. The van der Waals surface area contributed by atoms with Crippen LogP contribution >= 0.6 is 0 Å². The molecule has 1 aromatic heterocycles. The summed E-state index contributed by atoms with van der Waals surface area (Å²) in [6.45, 7) is 3.29. The van der Waals surface area contributed by atoms with Crippen molar-refractivity contribution >= 4 is 11.9 Å². The molecule has 1 aliphatic heterocycles. The fraction of sp³-hybridized carbons (Fsp3) is 0.643. The van der Waals surface area contributed by atoms with E-state index in [0.717, 1.165) is 30.5 Å². The monoisotopic (exact) mass is 277 g/mol. The second-order valence-electron chi connectivity index (χ2n) is 5.40. The van der Waals surface area contributed by atoms with Gasteiger partial charge in [-0.05, 0) is 19.8 Å². The van der Waals surface area contributed by atoms with E-state index in [1.807, 2.05) is 11.9 Å². The van der Waals surface area contributed by atoms with Gasteiger partial charge in [0.05, 0.1) is 6.61 Å². The van der Waals surface area contributed by atoms with Gasteiger partial charge in [0.1, 0.15) is 0 Å². The number of aromatic nitrogens is 2. The molecule has 1 amide bonds. The van der Waals surface area contributed by atoms with Gasteiger partial charge in [-0.2, -0.15) is 5.10 Å². The highest BCUT2D eigenvalue weighted by Crippen LogP contribution is 2.33. The standard InChI is InChI=1S/C14H19N3O3/c1-3-20-14(19)12-10-8-17(13(18)9-4-5-9)7-6-11(10)16(2)15-12/h9H,3-8H2,1-2H3. The Bertz CT molecular complexity index is 560. The van der Waals surface area contributed by atoms with Crippen LogP contribution in [0.25, 0.3) is 0 Å². The van der Waals surface area contributed by atoms with Crippen molar-refractivity contribution in [2.75, 3.05) is 13.2 Å². The fourth-order valence-corrected chi connectivity index (χ4v) is 2.73. The second-order valence-corrected chi connectivity index (χ2v) is 5.40. The van der Waals surface area contributed by atoms with Gasteiger partial charge in [-0.3, -0.25) is 9.48 Å². The van der Waals surface area contributed by atoms with E-state index in [2.05, 4.69) is 5.10 Å². The molecular formula is C14H19N3O3. The molecule has 2 heterocycles. The number of rotatable bonds is 3. The van der Waals surface area contributed by atoms with E-state index in [1.54, 1.807) is 11.6 Å². The molecule has 0 atom stereocenters. The third-order valence-electron chi connectivity index (χ3n) is 3.95. The van der Waals surface area contributed by atoms with Gasteiger partial charge in [-0.25, -0.2) is 4.79 Å². The lowest BCUT2D eigenvalue weighted by Crippen LogP contribution is -2.37. The number of hydrogen-bond acceptors (Lipinski definition) is 4. The summed E-state index contributed by atoms with van der Waals surface area (Å²) in [4.78, 5) is 26.0. The van der Waals surface area contributed by atoms with Crippen molar-refractivity contribution < 1.29 is 14.3 Å². The Morgan fingerprint density at radius 1 is 1.40 bits per heavy atom. The molecule has 6 nitrogen and oxygen atoms in total. The van der Waals surface area contributed by atoms with E-state index in [9.17, 15) is 9.59 Å². The van der Waals surface area contributed by atoms with Gasteiger partial charge < -0.3 is 9.64 Å². The van der Waals surface area contributed by atoms with E-state index in [4.69, 9.17) is 4.74 Å². The van der Waals surface area contributed by atoms with Crippen molar-refractivity contribution in [3.8, 4) is 0 Å². The van der Waals surface area contributed by atoms with Gasteiger partial charge >= 0.3 is 5.97 Å². The van der Waals surface area contributed by atoms with Gasteiger partial charge in [-0.15, -0.1) is 0 Å². The predicted molar refractivity (Wildman–Crippen MR) is 71.0 cm³/mol. The lowest BCUT2D eigenvalue weighted by atomic mass is 10.0. The van der Waals surface area contributed by atoms with Crippen LogP contribution in [0, 0.1) is 5.92 Å². The Hall–Kier alpha value is -1.85. The Kier molecular flexibility index (Phi) is 3.23. The quantitative estimate of drug-likeness (QED) is 0.770. The highest BCUT2D eigenvalue weighted by molar-refractivity contribution is 5.89. The molecule has 1 saturated carbocycles. The van der Waals surface area contributed by atoms with Crippen LogP contribution < -0.4 is 0 Å². The molecule has 0 radical (unpaired) electrons. The van der Waals surface area contributed by atoms with Gasteiger partial charge in [0.2, 0.25) is 5.91 Å². The first kappa shape index (κ1) is 13.1. The zero-order valence-corrected chi connectivity index (χ0v) is 11.9. The van der Waals surface area contributed by atoms with Crippen LogP contribution in [0.15, 0.2) is 0 Å². The number of aryl methyl sites for hydroxylation is 1.